The van der Waals surface area contributed by atoms with Crippen LogP contribution in [0.4, 0.5) is 0 Å². The normalized spacial score (nSPS) is 27.9. The Hall–Kier alpha value is -0.450. The van der Waals surface area contributed by atoms with Gasteiger partial charge in [0, 0.05) is 17.6 Å². The third kappa shape index (κ3) is 2.81. The largest absolute Gasteiger partial charge is 0.392 e. The smallest absolute Gasteiger partial charge is 0.109 e. The Labute approximate surface area is 101 Å². The maximum Gasteiger partial charge on any atom is 0.109 e. The molecule has 0 radical (unpaired) electrons. The summed E-state index contributed by atoms with van der Waals surface area (Å²) in [7, 11) is 0. The second-order valence-electron chi connectivity index (χ2n) is 4.46. The van der Waals surface area contributed by atoms with Gasteiger partial charge in [-0.05, 0) is 19.3 Å². The number of aliphatic hydroxyl groups is 1. The zero-order chi connectivity index (χ0) is 11.4. The minimum absolute atomic E-state index is 0.178. The molecule has 90 valence electrons. The summed E-state index contributed by atoms with van der Waals surface area (Å²) < 4.78 is 0. The average Bonchev–Trinajstić information content (AvgIpc) is 2.81. The number of nitrogens with one attached hydrogen (secondary N) is 1. The first-order valence-electron chi connectivity index (χ1n) is 6.14. The SMILES string of the molecule is CCC(N[C@H]1CCCC[C@@H]1O)c1nccs1. The van der Waals surface area contributed by atoms with Crippen molar-refractivity contribution in [2.45, 2.75) is 57.2 Å². The van der Waals surface area contributed by atoms with E-state index in [1.165, 1.54) is 6.42 Å². The zero-order valence-corrected chi connectivity index (χ0v) is 10.5. The zero-order valence-electron chi connectivity index (χ0n) is 9.72. The molecule has 0 spiro atoms. The molecule has 0 saturated heterocycles. The second kappa shape index (κ2) is 5.75. The van der Waals surface area contributed by atoms with E-state index in [1.807, 2.05) is 11.6 Å². The number of thiazole rings is 1. The minimum atomic E-state index is -0.178. The van der Waals surface area contributed by atoms with Crippen LogP contribution >= 0.6 is 11.3 Å². The second-order valence-corrected chi connectivity index (χ2v) is 5.38. The van der Waals surface area contributed by atoms with Crippen LogP contribution in [0.5, 0.6) is 0 Å². The molecule has 2 N–H and O–H groups in total. The molecule has 3 atom stereocenters. The first-order chi connectivity index (χ1) is 7.81. The van der Waals surface area contributed by atoms with E-state index >= 15 is 0 Å². The Bertz CT molecular complexity index is 302. The van der Waals surface area contributed by atoms with Crippen molar-refractivity contribution in [3.05, 3.63) is 16.6 Å². The molecule has 1 aliphatic carbocycles. The highest BCUT2D eigenvalue weighted by molar-refractivity contribution is 7.09. The molecule has 1 fully saturated rings. The van der Waals surface area contributed by atoms with Gasteiger partial charge in [0.2, 0.25) is 0 Å². The van der Waals surface area contributed by atoms with Gasteiger partial charge in [-0.2, -0.15) is 0 Å². The summed E-state index contributed by atoms with van der Waals surface area (Å²) in [5.41, 5.74) is 0. The van der Waals surface area contributed by atoms with E-state index in [0.717, 1.165) is 30.7 Å². The lowest BCUT2D eigenvalue weighted by Crippen LogP contribution is -2.43. The van der Waals surface area contributed by atoms with Gasteiger partial charge in [0.25, 0.3) is 0 Å². The maximum absolute atomic E-state index is 9.93. The number of nitrogens with zero attached hydrogens (tertiary/aromatic N) is 1. The minimum Gasteiger partial charge on any atom is -0.392 e. The number of aromatic nitrogens is 1. The lowest BCUT2D eigenvalue weighted by Gasteiger charge is -2.31. The number of hydrogen-bond acceptors (Lipinski definition) is 4. The van der Waals surface area contributed by atoms with Gasteiger partial charge in [-0.25, -0.2) is 4.98 Å². The van der Waals surface area contributed by atoms with Crippen LogP contribution in [0.3, 0.4) is 0 Å². The molecule has 0 amide bonds. The molecule has 4 heteroatoms. The highest BCUT2D eigenvalue weighted by Gasteiger charge is 2.25. The first kappa shape index (κ1) is 12.0. The predicted molar refractivity (Wildman–Crippen MR) is 66.5 cm³/mol. The number of aliphatic hydroxyl groups excluding tert-OH is 1. The number of rotatable bonds is 4. The summed E-state index contributed by atoms with van der Waals surface area (Å²) in [5, 5.41) is 16.6. The van der Waals surface area contributed by atoms with Gasteiger partial charge in [-0.1, -0.05) is 19.8 Å². The molecule has 1 aromatic heterocycles. The van der Waals surface area contributed by atoms with Gasteiger partial charge < -0.3 is 10.4 Å². The Balaban J connectivity index is 1.95. The third-order valence-corrected chi connectivity index (χ3v) is 4.19. The van der Waals surface area contributed by atoms with Crippen molar-refractivity contribution in [3.63, 3.8) is 0 Å². The fourth-order valence-corrected chi connectivity index (χ4v) is 3.12. The molecule has 1 heterocycles. The molecule has 0 aromatic carbocycles. The van der Waals surface area contributed by atoms with Crippen LogP contribution < -0.4 is 5.32 Å². The molecule has 1 aromatic rings. The molecule has 16 heavy (non-hydrogen) atoms. The molecule has 1 unspecified atom stereocenters. The van der Waals surface area contributed by atoms with Crippen LogP contribution in [-0.2, 0) is 0 Å². The Morgan fingerprint density at radius 1 is 1.56 bits per heavy atom. The van der Waals surface area contributed by atoms with E-state index in [4.69, 9.17) is 0 Å². The van der Waals surface area contributed by atoms with Crippen molar-refractivity contribution in [3.8, 4) is 0 Å². The van der Waals surface area contributed by atoms with E-state index in [9.17, 15) is 5.11 Å². The lowest BCUT2D eigenvalue weighted by atomic mass is 9.92. The molecular formula is C12H20N2OS. The summed E-state index contributed by atoms with van der Waals surface area (Å²) in [6, 6.07) is 0.556. The summed E-state index contributed by atoms with van der Waals surface area (Å²) in [6.45, 7) is 2.16. The fourth-order valence-electron chi connectivity index (χ4n) is 2.33. The van der Waals surface area contributed by atoms with Crippen LogP contribution in [0, 0.1) is 0 Å². The average molecular weight is 240 g/mol. The van der Waals surface area contributed by atoms with Gasteiger partial charge >= 0.3 is 0 Å². The maximum atomic E-state index is 9.93. The van der Waals surface area contributed by atoms with Gasteiger partial charge in [0.15, 0.2) is 0 Å². The highest BCUT2D eigenvalue weighted by Crippen LogP contribution is 2.24. The molecule has 1 aliphatic rings. The predicted octanol–water partition coefficient (Wildman–Crippen LogP) is 2.49. The van der Waals surface area contributed by atoms with Crippen molar-refractivity contribution in [2.75, 3.05) is 0 Å². The molecule has 3 nitrogen and oxygen atoms in total. The van der Waals surface area contributed by atoms with Crippen molar-refractivity contribution in [2.24, 2.45) is 0 Å². The standard InChI is InChI=1S/C12H20N2OS/c1-2-9(12-13-7-8-16-12)14-10-5-3-4-6-11(10)15/h7-11,14-15H,2-6H2,1H3/t9?,10-,11-/m0/s1. The lowest BCUT2D eigenvalue weighted by molar-refractivity contribution is 0.0844. The van der Waals surface area contributed by atoms with E-state index < -0.39 is 0 Å². The van der Waals surface area contributed by atoms with Gasteiger partial charge in [-0.3, -0.25) is 0 Å². The molecule has 2 rings (SSSR count). The Kier molecular flexibility index (Phi) is 4.32. The van der Waals surface area contributed by atoms with E-state index in [2.05, 4.69) is 17.2 Å². The van der Waals surface area contributed by atoms with E-state index in [0.29, 0.717) is 6.04 Å². The van der Waals surface area contributed by atoms with Crippen molar-refractivity contribution < 1.29 is 5.11 Å². The summed E-state index contributed by atoms with van der Waals surface area (Å²) in [6.07, 6.45) is 7.10. The van der Waals surface area contributed by atoms with E-state index in [-0.39, 0.29) is 12.1 Å². The van der Waals surface area contributed by atoms with Crippen LogP contribution in [0.1, 0.15) is 50.1 Å². The highest BCUT2D eigenvalue weighted by atomic mass is 32.1. The van der Waals surface area contributed by atoms with Crippen molar-refractivity contribution in [1.82, 2.24) is 10.3 Å². The summed E-state index contributed by atoms with van der Waals surface area (Å²) >= 11 is 1.69. The van der Waals surface area contributed by atoms with Gasteiger partial charge in [-0.15, -0.1) is 11.3 Å². The molecule has 1 saturated carbocycles. The summed E-state index contributed by atoms with van der Waals surface area (Å²) in [4.78, 5) is 4.35. The fraction of sp³-hybridized carbons (Fsp3) is 0.750. The molecule has 0 bridgehead atoms. The van der Waals surface area contributed by atoms with Crippen LogP contribution in [0.25, 0.3) is 0 Å². The topological polar surface area (TPSA) is 45.1 Å². The first-order valence-corrected chi connectivity index (χ1v) is 7.02. The van der Waals surface area contributed by atoms with Crippen LogP contribution in [0.15, 0.2) is 11.6 Å². The van der Waals surface area contributed by atoms with Crippen LogP contribution in [-0.4, -0.2) is 22.2 Å². The monoisotopic (exact) mass is 240 g/mol. The van der Waals surface area contributed by atoms with E-state index in [1.54, 1.807) is 11.3 Å². The molecule has 0 aliphatic heterocycles. The Morgan fingerprint density at radius 3 is 3.00 bits per heavy atom. The van der Waals surface area contributed by atoms with Crippen molar-refractivity contribution >= 4 is 11.3 Å². The molecular weight excluding hydrogens is 220 g/mol. The third-order valence-electron chi connectivity index (χ3n) is 3.30. The quantitative estimate of drug-likeness (QED) is 0.850. The number of hydrogen-bond donors (Lipinski definition) is 2. The Morgan fingerprint density at radius 2 is 2.38 bits per heavy atom. The van der Waals surface area contributed by atoms with Gasteiger partial charge in [0.1, 0.15) is 5.01 Å². The van der Waals surface area contributed by atoms with Crippen LogP contribution in [0.2, 0.25) is 0 Å². The van der Waals surface area contributed by atoms with Gasteiger partial charge in [0.05, 0.1) is 12.1 Å². The van der Waals surface area contributed by atoms with Crippen molar-refractivity contribution in [1.29, 1.82) is 0 Å². The summed E-state index contributed by atoms with van der Waals surface area (Å²) in [5.74, 6) is 0.